The SMILES string of the molecule is O=C(NCC1CCCO1)c1ccc(C(=O)Nc2c(F)cccc2F)cc1. The number of anilines is 1. The Labute approximate surface area is 149 Å². The lowest BCUT2D eigenvalue weighted by Crippen LogP contribution is -2.31. The summed E-state index contributed by atoms with van der Waals surface area (Å²) in [5.74, 6) is -2.65. The molecule has 1 unspecified atom stereocenters. The molecule has 1 atom stereocenters. The molecule has 1 saturated heterocycles. The molecule has 1 fully saturated rings. The second-order valence-corrected chi connectivity index (χ2v) is 5.97. The van der Waals surface area contributed by atoms with Gasteiger partial charge in [-0.3, -0.25) is 9.59 Å². The highest BCUT2D eigenvalue weighted by Crippen LogP contribution is 2.19. The van der Waals surface area contributed by atoms with Crippen LogP contribution in [0.15, 0.2) is 42.5 Å². The van der Waals surface area contributed by atoms with Crippen molar-refractivity contribution in [1.29, 1.82) is 0 Å². The van der Waals surface area contributed by atoms with Gasteiger partial charge in [0, 0.05) is 24.3 Å². The number of halogens is 2. The van der Waals surface area contributed by atoms with Gasteiger partial charge in [-0.25, -0.2) is 8.78 Å². The van der Waals surface area contributed by atoms with E-state index in [4.69, 9.17) is 4.74 Å². The molecule has 5 nitrogen and oxygen atoms in total. The van der Waals surface area contributed by atoms with Crippen molar-refractivity contribution < 1.29 is 23.1 Å². The fraction of sp³-hybridized carbons (Fsp3) is 0.263. The smallest absolute Gasteiger partial charge is 0.255 e. The number of rotatable bonds is 5. The van der Waals surface area contributed by atoms with E-state index >= 15 is 0 Å². The number of amides is 2. The topological polar surface area (TPSA) is 67.4 Å². The third-order valence-corrected chi connectivity index (χ3v) is 4.12. The number of hydrogen-bond acceptors (Lipinski definition) is 3. The van der Waals surface area contributed by atoms with Crippen LogP contribution in [0, 0.1) is 11.6 Å². The van der Waals surface area contributed by atoms with E-state index < -0.39 is 23.2 Å². The average molecular weight is 360 g/mol. The summed E-state index contributed by atoms with van der Waals surface area (Å²) >= 11 is 0. The first kappa shape index (κ1) is 18.0. The van der Waals surface area contributed by atoms with Gasteiger partial charge >= 0.3 is 0 Å². The van der Waals surface area contributed by atoms with Crippen molar-refractivity contribution in [3.8, 4) is 0 Å². The number of benzene rings is 2. The van der Waals surface area contributed by atoms with Crippen LogP contribution >= 0.6 is 0 Å². The second kappa shape index (κ2) is 8.05. The predicted octanol–water partition coefficient (Wildman–Crippen LogP) is 3.13. The number of carbonyl (C=O) groups is 2. The van der Waals surface area contributed by atoms with Gasteiger partial charge in [-0.1, -0.05) is 6.07 Å². The Kier molecular flexibility index (Phi) is 5.58. The first-order chi connectivity index (χ1) is 12.5. The van der Waals surface area contributed by atoms with Crippen LogP contribution in [0.5, 0.6) is 0 Å². The van der Waals surface area contributed by atoms with Crippen molar-refractivity contribution in [2.45, 2.75) is 18.9 Å². The van der Waals surface area contributed by atoms with Crippen LogP contribution < -0.4 is 10.6 Å². The minimum atomic E-state index is -0.858. The lowest BCUT2D eigenvalue weighted by atomic mass is 10.1. The van der Waals surface area contributed by atoms with Crippen LogP contribution in [0.4, 0.5) is 14.5 Å². The molecule has 0 aromatic heterocycles. The summed E-state index contributed by atoms with van der Waals surface area (Å²) in [6.07, 6.45) is 1.96. The Bertz CT molecular complexity index is 783. The van der Waals surface area contributed by atoms with Crippen molar-refractivity contribution in [3.63, 3.8) is 0 Å². The zero-order valence-corrected chi connectivity index (χ0v) is 13.9. The van der Waals surface area contributed by atoms with Gasteiger partial charge in [0.25, 0.3) is 11.8 Å². The molecule has 7 heteroatoms. The minimum absolute atomic E-state index is 0.0414. The van der Waals surface area contributed by atoms with Gasteiger partial charge in [-0.2, -0.15) is 0 Å². The van der Waals surface area contributed by atoms with Crippen LogP contribution in [-0.4, -0.2) is 31.1 Å². The van der Waals surface area contributed by atoms with Crippen molar-refractivity contribution in [1.82, 2.24) is 5.32 Å². The largest absolute Gasteiger partial charge is 0.376 e. The Hall–Kier alpha value is -2.80. The molecule has 1 aliphatic rings. The van der Waals surface area contributed by atoms with Gasteiger partial charge in [0.1, 0.15) is 17.3 Å². The Balaban J connectivity index is 1.61. The highest BCUT2D eigenvalue weighted by molar-refractivity contribution is 6.05. The second-order valence-electron chi connectivity index (χ2n) is 5.97. The van der Waals surface area contributed by atoms with Crippen molar-refractivity contribution in [2.75, 3.05) is 18.5 Å². The van der Waals surface area contributed by atoms with E-state index in [1.165, 1.54) is 30.3 Å². The van der Waals surface area contributed by atoms with E-state index in [1.54, 1.807) is 0 Å². The zero-order chi connectivity index (χ0) is 18.5. The van der Waals surface area contributed by atoms with Crippen molar-refractivity contribution in [3.05, 3.63) is 65.2 Å². The van der Waals surface area contributed by atoms with Crippen molar-refractivity contribution >= 4 is 17.5 Å². The number of ether oxygens (including phenoxy) is 1. The summed E-state index contributed by atoms with van der Waals surface area (Å²) in [5.41, 5.74) is 0.0656. The average Bonchev–Trinajstić information content (AvgIpc) is 3.16. The lowest BCUT2D eigenvalue weighted by Gasteiger charge is -2.11. The number of nitrogens with one attached hydrogen (secondary N) is 2. The standard InChI is InChI=1S/C19H18F2N2O3/c20-15-4-1-5-16(21)17(15)23-19(25)13-8-6-12(7-9-13)18(24)22-11-14-3-2-10-26-14/h1,4-9,14H,2-3,10-11H2,(H,22,24)(H,23,25). The maximum atomic E-state index is 13.6. The van der Waals surface area contributed by atoms with Gasteiger partial charge < -0.3 is 15.4 Å². The first-order valence-electron chi connectivity index (χ1n) is 8.30. The van der Waals surface area contributed by atoms with E-state index in [-0.39, 0.29) is 17.6 Å². The Morgan fingerprint density at radius 2 is 1.62 bits per heavy atom. The fourth-order valence-electron chi connectivity index (χ4n) is 2.69. The molecule has 0 aliphatic carbocycles. The molecular formula is C19H18F2N2O3. The summed E-state index contributed by atoms with van der Waals surface area (Å²) in [4.78, 5) is 24.2. The van der Waals surface area contributed by atoms with E-state index in [0.29, 0.717) is 18.7 Å². The van der Waals surface area contributed by atoms with Crippen LogP contribution in [-0.2, 0) is 4.74 Å². The van der Waals surface area contributed by atoms with Gasteiger partial charge in [0.05, 0.1) is 6.10 Å². The van der Waals surface area contributed by atoms with E-state index in [9.17, 15) is 18.4 Å². The molecule has 1 heterocycles. The maximum Gasteiger partial charge on any atom is 0.255 e. The molecule has 2 amide bonds. The zero-order valence-electron chi connectivity index (χ0n) is 13.9. The molecule has 2 aromatic rings. The maximum absolute atomic E-state index is 13.6. The molecule has 0 radical (unpaired) electrons. The summed E-state index contributed by atoms with van der Waals surface area (Å²) in [5, 5.41) is 4.98. The van der Waals surface area contributed by atoms with Gasteiger partial charge in [-0.15, -0.1) is 0 Å². The summed E-state index contributed by atoms with van der Waals surface area (Å²) < 4.78 is 32.6. The fourth-order valence-corrected chi connectivity index (χ4v) is 2.69. The van der Waals surface area contributed by atoms with Gasteiger partial charge in [0.2, 0.25) is 0 Å². The van der Waals surface area contributed by atoms with E-state index in [0.717, 1.165) is 25.0 Å². The Morgan fingerprint density at radius 1 is 1.00 bits per heavy atom. The molecule has 0 spiro atoms. The summed E-state index contributed by atoms with van der Waals surface area (Å²) in [7, 11) is 0. The van der Waals surface area contributed by atoms with Crippen LogP contribution in [0.2, 0.25) is 0 Å². The highest BCUT2D eigenvalue weighted by Gasteiger charge is 2.17. The van der Waals surface area contributed by atoms with Crippen molar-refractivity contribution in [2.24, 2.45) is 0 Å². The monoisotopic (exact) mass is 360 g/mol. The minimum Gasteiger partial charge on any atom is -0.376 e. The normalized spacial score (nSPS) is 16.3. The van der Waals surface area contributed by atoms with Gasteiger partial charge in [0.15, 0.2) is 0 Å². The van der Waals surface area contributed by atoms with Crippen LogP contribution in [0.25, 0.3) is 0 Å². The van der Waals surface area contributed by atoms with E-state index in [2.05, 4.69) is 10.6 Å². The number of carbonyl (C=O) groups excluding carboxylic acids is 2. The molecule has 3 rings (SSSR count). The highest BCUT2D eigenvalue weighted by atomic mass is 19.1. The molecule has 0 bridgehead atoms. The van der Waals surface area contributed by atoms with Crippen LogP contribution in [0.1, 0.15) is 33.6 Å². The Morgan fingerprint density at radius 3 is 2.19 bits per heavy atom. The third kappa shape index (κ3) is 4.23. The van der Waals surface area contributed by atoms with Gasteiger partial charge in [-0.05, 0) is 49.2 Å². The molecule has 136 valence electrons. The number of hydrogen-bond donors (Lipinski definition) is 2. The predicted molar refractivity (Wildman–Crippen MR) is 92.1 cm³/mol. The van der Waals surface area contributed by atoms with Crippen LogP contribution in [0.3, 0.4) is 0 Å². The van der Waals surface area contributed by atoms with E-state index in [1.807, 2.05) is 0 Å². The summed E-state index contributed by atoms with van der Waals surface area (Å²) in [6.45, 7) is 1.15. The molecular weight excluding hydrogens is 342 g/mol. The number of para-hydroxylation sites is 1. The molecule has 2 aromatic carbocycles. The third-order valence-electron chi connectivity index (χ3n) is 4.12. The molecule has 26 heavy (non-hydrogen) atoms. The quantitative estimate of drug-likeness (QED) is 0.861. The molecule has 1 aliphatic heterocycles. The lowest BCUT2D eigenvalue weighted by molar-refractivity contribution is 0.0857. The molecule has 2 N–H and O–H groups in total. The molecule has 0 saturated carbocycles. The summed E-state index contributed by atoms with van der Waals surface area (Å²) in [6, 6.07) is 9.14. The first-order valence-corrected chi connectivity index (χ1v) is 8.30.